The monoisotopic (exact) mass is 519 g/mol. The summed E-state index contributed by atoms with van der Waals surface area (Å²) in [7, 11) is 0. The molecule has 0 bridgehead atoms. The molecule has 0 spiro atoms. The number of hydrogen-bond acceptors (Lipinski definition) is 7. The maximum atomic E-state index is 13.8. The molecule has 0 unspecified atom stereocenters. The highest BCUT2D eigenvalue weighted by Crippen LogP contribution is 2.36. The van der Waals surface area contributed by atoms with E-state index in [2.05, 4.69) is 5.32 Å². The summed E-state index contributed by atoms with van der Waals surface area (Å²) < 4.78 is 12.8. The number of nitrogens with zero attached hydrogens (tertiary/aromatic N) is 2. The first-order valence-electron chi connectivity index (χ1n) is 12.0. The molecule has 0 fully saturated rings. The number of amides is 1. The molecule has 7 nitrogen and oxygen atoms in total. The molecule has 36 heavy (non-hydrogen) atoms. The summed E-state index contributed by atoms with van der Waals surface area (Å²) >= 11 is 2.89. The minimum Gasteiger partial charge on any atom is -0.486 e. The smallest absolute Gasteiger partial charge is 0.267 e. The molecule has 0 saturated carbocycles. The lowest BCUT2D eigenvalue weighted by Crippen LogP contribution is -2.23. The number of thioether (sulfide) groups is 1. The van der Waals surface area contributed by atoms with Crippen LogP contribution in [0.15, 0.2) is 52.4 Å². The van der Waals surface area contributed by atoms with Gasteiger partial charge in [0.2, 0.25) is 5.91 Å². The minimum absolute atomic E-state index is 0.0574. The largest absolute Gasteiger partial charge is 0.486 e. The quantitative estimate of drug-likeness (QED) is 0.291. The number of rotatable bonds is 5. The van der Waals surface area contributed by atoms with E-state index in [1.807, 2.05) is 31.2 Å². The molecule has 9 heteroatoms. The Bertz CT molecular complexity index is 1530. The Morgan fingerprint density at radius 3 is 2.69 bits per heavy atom. The lowest BCUT2D eigenvalue weighted by atomic mass is 9.97. The van der Waals surface area contributed by atoms with Crippen molar-refractivity contribution in [3.63, 3.8) is 0 Å². The number of benzene rings is 2. The normalized spacial score (nSPS) is 14.5. The van der Waals surface area contributed by atoms with Crippen LogP contribution in [0, 0.1) is 6.92 Å². The molecule has 3 heterocycles. The predicted octanol–water partition coefficient (Wildman–Crippen LogP) is 5.14. The van der Waals surface area contributed by atoms with E-state index in [-0.39, 0.29) is 17.2 Å². The lowest BCUT2D eigenvalue weighted by Gasteiger charge is -2.19. The SMILES string of the molecule is Cc1ccc(-n2c(SCC(=O)Nc3ccc4c(c3)OCCO4)nc3sc4c(c3c2=O)CCCC4)cc1. The Hall–Kier alpha value is -3.30. The molecule has 4 aromatic rings. The highest BCUT2D eigenvalue weighted by Gasteiger charge is 2.23. The second-order valence-electron chi connectivity index (χ2n) is 8.96. The van der Waals surface area contributed by atoms with Crippen molar-refractivity contribution in [3.8, 4) is 17.2 Å². The Labute approximate surface area is 216 Å². The number of nitrogens with one attached hydrogen (secondary N) is 1. The first kappa shape index (κ1) is 23.1. The van der Waals surface area contributed by atoms with E-state index in [1.165, 1.54) is 16.6 Å². The van der Waals surface area contributed by atoms with Crippen LogP contribution in [-0.2, 0) is 17.6 Å². The van der Waals surface area contributed by atoms with Crippen LogP contribution in [0.25, 0.3) is 15.9 Å². The van der Waals surface area contributed by atoms with Gasteiger partial charge in [-0.3, -0.25) is 14.2 Å². The van der Waals surface area contributed by atoms with Gasteiger partial charge in [0.15, 0.2) is 16.7 Å². The first-order chi connectivity index (χ1) is 17.6. The van der Waals surface area contributed by atoms with Crippen molar-refractivity contribution in [3.05, 3.63) is 68.8 Å². The molecule has 1 aliphatic carbocycles. The van der Waals surface area contributed by atoms with Gasteiger partial charge in [-0.25, -0.2) is 4.98 Å². The van der Waals surface area contributed by atoms with Crippen molar-refractivity contribution in [2.45, 2.75) is 37.8 Å². The second kappa shape index (κ2) is 9.63. The average molecular weight is 520 g/mol. The maximum Gasteiger partial charge on any atom is 0.267 e. The Kier molecular flexibility index (Phi) is 6.18. The van der Waals surface area contributed by atoms with Crippen molar-refractivity contribution in [2.75, 3.05) is 24.3 Å². The standard InChI is InChI=1S/C27H25N3O4S2/c1-16-6-9-18(10-7-16)30-26(32)24-19-4-2-3-5-22(19)36-25(24)29-27(30)35-15-23(31)28-17-8-11-20-21(14-17)34-13-12-33-20/h6-11,14H,2-5,12-13,15H2,1H3,(H,28,31). The predicted molar refractivity (Wildman–Crippen MR) is 143 cm³/mol. The zero-order valence-electron chi connectivity index (χ0n) is 19.8. The number of carbonyl (C=O) groups excluding carboxylic acids is 1. The van der Waals surface area contributed by atoms with Crippen molar-refractivity contribution in [1.29, 1.82) is 0 Å². The summed E-state index contributed by atoms with van der Waals surface area (Å²) in [6.45, 7) is 3.01. The molecule has 2 aromatic heterocycles. The van der Waals surface area contributed by atoms with E-state index in [4.69, 9.17) is 14.5 Å². The van der Waals surface area contributed by atoms with Crippen LogP contribution in [0.2, 0.25) is 0 Å². The number of fused-ring (bicyclic) bond motifs is 4. The summed E-state index contributed by atoms with van der Waals surface area (Å²) in [5, 5.41) is 4.17. The molecular formula is C27H25N3O4S2. The topological polar surface area (TPSA) is 82.5 Å². The molecule has 1 N–H and O–H groups in total. The van der Waals surface area contributed by atoms with Gasteiger partial charge in [-0.2, -0.15) is 0 Å². The zero-order valence-corrected chi connectivity index (χ0v) is 21.5. The summed E-state index contributed by atoms with van der Waals surface area (Å²) in [5.74, 6) is 1.22. The van der Waals surface area contributed by atoms with Crippen LogP contribution in [0.4, 0.5) is 5.69 Å². The highest BCUT2D eigenvalue weighted by molar-refractivity contribution is 7.99. The van der Waals surface area contributed by atoms with Crippen molar-refractivity contribution in [1.82, 2.24) is 9.55 Å². The summed E-state index contributed by atoms with van der Waals surface area (Å²) in [6, 6.07) is 13.2. The maximum absolute atomic E-state index is 13.8. The van der Waals surface area contributed by atoms with Gasteiger partial charge < -0.3 is 14.8 Å². The molecule has 2 aromatic carbocycles. The van der Waals surface area contributed by atoms with Gasteiger partial charge in [0.1, 0.15) is 18.0 Å². The van der Waals surface area contributed by atoms with Crippen molar-refractivity contribution >= 4 is 44.9 Å². The number of thiophene rings is 1. The number of ether oxygens (including phenoxy) is 2. The number of carbonyl (C=O) groups is 1. The van der Waals surface area contributed by atoms with Gasteiger partial charge in [0.25, 0.3) is 5.56 Å². The Morgan fingerprint density at radius 1 is 1.08 bits per heavy atom. The van der Waals surface area contributed by atoms with E-state index < -0.39 is 0 Å². The lowest BCUT2D eigenvalue weighted by molar-refractivity contribution is -0.113. The summed E-state index contributed by atoms with van der Waals surface area (Å²) in [6.07, 6.45) is 4.16. The molecule has 1 aliphatic heterocycles. The van der Waals surface area contributed by atoms with E-state index in [9.17, 15) is 9.59 Å². The second-order valence-corrected chi connectivity index (χ2v) is 11.0. The molecule has 0 atom stereocenters. The molecule has 2 aliphatic rings. The Morgan fingerprint density at radius 2 is 1.86 bits per heavy atom. The van der Waals surface area contributed by atoms with Crippen LogP contribution >= 0.6 is 23.1 Å². The Balaban J connectivity index is 1.31. The third-order valence-corrected chi connectivity index (χ3v) is 8.53. The van der Waals surface area contributed by atoms with Gasteiger partial charge in [0, 0.05) is 16.6 Å². The van der Waals surface area contributed by atoms with Gasteiger partial charge >= 0.3 is 0 Å². The third kappa shape index (κ3) is 4.37. The average Bonchev–Trinajstić information content (AvgIpc) is 3.27. The van der Waals surface area contributed by atoms with Crippen LogP contribution in [-0.4, -0.2) is 34.4 Å². The number of hydrogen-bond donors (Lipinski definition) is 1. The summed E-state index contributed by atoms with van der Waals surface area (Å²) in [5.41, 5.74) is 3.60. The molecule has 1 amide bonds. The fourth-order valence-corrected chi connectivity index (χ4v) is 6.77. The fraction of sp³-hybridized carbons (Fsp3) is 0.296. The van der Waals surface area contributed by atoms with Gasteiger partial charge in [-0.05, 0) is 62.4 Å². The number of aryl methyl sites for hydroxylation is 3. The van der Waals surface area contributed by atoms with Crippen LogP contribution in [0.3, 0.4) is 0 Å². The first-order valence-corrected chi connectivity index (χ1v) is 13.8. The summed E-state index contributed by atoms with van der Waals surface area (Å²) in [4.78, 5) is 33.6. The molecule has 184 valence electrons. The molecular weight excluding hydrogens is 494 g/mol. The highest BCUT2D eigenvalue weighted by atomic mass is 32.2. The van der Waals surface area contributed by atoms with Crippen molar-refractivity contribution in [2.24, 2.45) is 0 Å². The fourth-order valence-electron chi connectivity index (χ4n) is 4.65. The minimum atomic E-state index is -0.188. The van der Waals surface area contributed by atoms with Gasteiger partial charge in [-0.15, -0.1) is 11.3 Å². The van der Waals surface area contributed by atoms with E-state index in [1.54, 1.807) is 34.1 Å². The van der Waals surface area contributed by atoms with Gasteiger partial charge in [0.05, 0.1) is 16.8 Å². The van der Waals surface area contributed by atoms with E-state index in [0.717, 1.165) is 52.7 Å². The van der Waals surface area contributed by atoms with Crippen LogP contribution in [0.1, 0.15) is 28.8 Å². The molecule has 6 rings (SSSR count). The molecule has 0 saturated heterocycles. The number of aromatic nitrogens is 2. The van der Waals surface area contributed by atoms with Crippen LogP contribution in [0.5, 0.6) is 11.5 Å². The van der Waals surface area contributed by atoms with Gasteiger partial charge in [-0.1, -0.05) is 29.5 Å². The van der Waals surface area contributed by atoms with E-state index in [0.29, 0.717) is 35.6 Å². The molecule has 0 radical (unpaired) electrons. The zero-order chi connectivity index (χ0) is 24.6. The van der Waals surface area contributed by atoms with Crippen molar-refractivity contribution < 1.29 is 14.3 Å². The third-order valence-electron chi connectivity index (χ3n) is 6.41. The van der Waals surface area contributed by atoms with E-state index >= 15 is 0 Å². The number of anilines is 1. The van der Waals surface area contributed by atoms with Crippen LogP contribution < -0.4 is 20.3 Å².